The van der Waals surface area contributed by atoms with Gasteiger partial charge in [-0.05, 0) is 31.2 Å². The third kappa shape index (κ3) is 4.18. The van der Waals surface area contributed by atoms with E-state index >= 15 is 0 Å². The Morgan fingerprint density at radius 2 is 2.10 bits per heavy atom. The molecule has 0 aliphatic rings. The van der Waals surface area contributed by atoms with Gasteiger partial charge in [0.1, 0.15) is 4.99 Å². The number of rotatable bonds is 7. The number of benzene rings is 1. The second-order valence-electron chi connectivity index (χ2n) is 4.88. The Labute approximate surface area is 137 Å². The molecular weight excluding hydrogens is 324 g/mol. The van der Waals surface area contributed by atoms with E-state index in [4.69, 9.17) is 18.0 Å². The van der Waals surface area contributed by atoms with Gasteiger partial charge in [-0.15, -0.1) is 0 Å². The SMILES string of the molecule is CCC(CSC)N(C)S(=O)(=O)c1cc(C(N)=S)ccc1C. The van der Waals surface area contributed by atoms with Gasteiger partial charge in [0.05, 0.1) is 4.90 Å². The molecule has 1 aromatic carbocycles. The van der Waals surface area contributed by atoms with Gasteiger partial charge < -0.3 is 5.73 Å². The monoisotopic (exact) mass is 346 g/mol. The Balaban J connectivity index is 3.29. The molecule has 0 bridgehead atoms. The number of hydrogen-bond donors (Lipinski definition) is 1. The molecule has 0 heterocycles. The minimum atomic E-state index is -3.55. The molecule has 1 unspecified atom stereocenters. The summed E-state index contributed by atoms with van der Waals surface area (Å²) in [5, 5.41) is 0. The quantitative estimate of drug-likeness (QED) is 0.768. The Bertz CT molecular complexity index is 615. The molecule has 0 spiro atoms. The van der Waals surface area contributed by atoms with Crippen molar-refractivity contribution in [2.75, 3.05) is 19.1 Å². The number of aryl methyl sites for hydroxylation is 1. The zero-order chi connectivity index (χ0) is 16.2. The van der Waals surface area contributed by atoms with E-state index in [9.17, 15) is 8.42 Å². The summed E-state index contributed by atoms with van der Waals surface area (Å²) in [5.41, 5.74) is 6.87. The van der Waals surface area contributed by atoms with Crippen molar-refractivity contribution in [2.24, 2.45) is 5.73 Å². The van der Waals surface area contributed by atoms with Crippen LogP contribution in [0.1, 0.15) is 24.5 Å². The van der Waals surface area contributed by atoms with Crippen molar-refractivity contribution in [3.63, 3.8) is 0 Å². The highest BCUT2D eigenvalue weighted by atomic mass is 32.2. The molecule has 0 fully saturated rings. The lowest BCUT2D eigenvalue weighted by Gasteiger charge is -2.26. The fraction of sp³-hybridized carbons (Fsp3) is 0.500. The van der Waals surface area contributed by atoms with E-state index in [2.05, 4.69) is 0 Å². The summed E-state index contributed by atoms with van der Waals surface area (Å²) in [4.78, 5) is 0.472. The number of thioether (sulfide) groups is 1. The molecule has 0 saturated carbocycles. The predicted molar refractivity (Wildman–Crippen MR) is 94.5 cm³/mol. The van der Waals surface area contributed by atoms with E-state index in [-0.39, 0.29) is 15.9 Å². The molecular formula is C14H22N2O2S3. The Hall–Kier alpha value is -0.630. The Morgan fingerprint density at radius 1 is 1.48 bits per heavy atom. The van der Waals surface area contributed by atoms with E-state index < -0.39 is 10.0 Å². The van der Waals surface area contributed by atoms with Crippen molar-refractivity contribution < 1.29 is 8.42 Å². The lowest BCUT2D eigenvalue weighted by Crippen LogP contribution is -2.38. The van der Waals surface area contributed by atoms with Gasteiger partial charge >= 0.3 is 0 Å². The molecule has 0 aliphatic heterocycles. The van der Waals surface area contributed by atoms with Crippen LogP contribution < -0.4 is 5.73 Å². The number of hydrogen-bond acceptors (Lipinski definition) is 4. The van der Waals surface area contributed by atoms with Crippen molar-refractivity contribution in [3.8, 4) is 0 Å². The highest BCUT2D eigenvalue weighted by Crippen LogP contribution is 2.24. The fourth-order valence-corrected chi connectivity index (χ4v) is 4.80. The summed E-state index contributed by atoms with van der Waals surface area (Å²) >= 11 is 6.57. The smallest absolute Gasteiger partial charge is 0.243 e. The van der Waals surface area contributed by atoms with Crippen LogP contribution in [-0.2, 0) is 10.0 Å². The van der Waals surface area contributed by atoms with Crippen molar-refractivity contribution in [3.05, 3.63) is 29.3 Å². The highest BCUT2D eigenvalue weighted by Gasteiger charge is 2.28. The molecule has 118 valence electrons. The number of nitrogens with two attached hydrogens (primary N) is 1. The topological polar surface area (TPSA) is 63.4 Å². The fourth-order valence-electron chi connectivity index (χ4n) is 2.05. The first-order valence-corrected chi connectivity index (χ1v) is 9.87. The predicted octanol–water partition coefficient (Wildman–Crippen LogP) is 2.39. The molecule has 0 radical (unpaired) electrons. The third-order valence-corrected chi connectivity index (χ3v) is 6.48. The van der Waals surface area contributed by atoms with Gasteiger partial charge in [0.25, 0.3) is 0 Å². The van der Waals surface area contributed by atoms with E-state index in [1.54, 1.807) is 43.9 Å². The number of thiocarbonyl (C=S) groups is 1. The standard InChI is InChI=1S/C14H22N2O2S3/c1-5-12(9-20-4)16(3)21(17,18)13-8-11(14(15)19)7-6-10(13)2/h6-8,12H,5,9H2,1-4H3,(H2,15,19). The average Bonchev–Trinajstić information content (AvgIpc) is 2.43. The molecule has 1 aromatic rings. The van der Waals surface area contributed by atoms with Crippen LogP contribution in [-0.4, -0.2) is 42.8 Å². The maximum atomic E-state index is 12.8. The van der Waals surface area contributed by atoms with Crippen LogP contribution in [0.4, 0.5) is 0 Å². The van der Waals surface area contributed by atoms with Crippen molar-refractivity contribution in [2.45, 2.75) is 31.2 Å². The summed E-state index contributed by atoms with van der Waals surface area (Å²) in [7, 11) is -1.92. The summed E-state index contributed by atoms with van der Waals surface area (Å²) < 4.78 is 27.1. The van der Waals surface area contributed by atoms with Crippen LogP contribution in [0.3, 0.4) is 0 Å². The first kappa shape index (κ1) is 18.4. The maximum absolute atomic E-state index is 12.8. The summed E-state index contributed by atoms with van der Waals surface area (Å²) in [6.45, 7) is 3.77. The van der Waals surface area contributed by atoms with Gasteiger partial charge in [0, 0.05) is 24.4 Å². The Kier molecular flexibility index (Phi) is 6.65. The summed E-state index contributed by atoms with van der Waals surface area (Å²) in [5.74, 6) is 0.764. The zero-order valence-corrected chi connectivity index (χ0v) is 15.2. The molecule has 1 atom stereocenters. The van der Waals surface area contributed by atoms with Gasteiger partial charge in [0.15, 0.2) is 0 Å². The molecule has 21 heavy (non-hydrogen) atoms. The van der Waals surface area contributed by atoms with Gasteiger partial charge in [-0.25, -0.2) is 8.42 Å². The lowest BCUT2D eigenvalue weighted by molar-refractivity contribution is 0.385. The first-order valence-electron chi connectivity index (χ1n) is 6.63. The van der Waals surface area contributed by atoms with Gasteiger partial charge in [-0.1, -0.05) is 31.3 Å². The number of sulfonamides is 1. The minimum absolute atomic E-state index is 0.0297. The number of nitrogens with zero attached hydrogens (tertiary/aromatic N) is 1. The first-order chi connectivity index (χ1) is 9.75. The maximum Gasteiger partial charge on any atom is 0.243 e. The molecule has 0 amide bonds. The summed E-state index contributed by atoms with van der Waals surface area (Å²) in [6, 6.07) is 5.02. The van der Waals surface area contributed by atoms with E-state index in [0.717, 1.165) is 12.2 Å². The second-order valence-corrected chi connectivity index (χ2v) is 8.20. The molecule has 2 N–H and O–H groups in total. The largest absolute Gasteiger partial charge is 0.389 e. The van der Waals surface area contributed by atoms with E-state index in [1.807, 2.05) is 13.2 Å². The van der Waals surface area contributed by atoms with Crippen LogP contribution in [0.2, 0.25) is 0 Å². The van der Waals surface area contributed by atoms with Gasteiger partial charge in [-0.2, -0.15) is 16.1 Å². The van der Waals surface area contributed by atoms with Crippen LogP contribution in [0.15, 0.2) is 23.1 Å². The van der Waals surface area contributed by atoms with Crippen LogP contribution >= 0.6 is 24.0 Å². The van der Waals surface area contributed by atoms with Gasteiger partial charge in [0.2, 0.25) is 10.0 Å². The van der Waals surface area contributed by atoms with E-state index in [0.29, 0.717) is 11.1 Å². The van der Waals surface area contributed by atoms with Crippen molar-refractivity contribution in [1.82, 2.24) is 4.31 Å². The molecule has 7 heteroatoms. The van der Waals surface area contributed by atoms with Crippen LogP contribution in [0, 0.1) is 6.92 Å². The van der Waals surface area contributed by atoms with Crippen molar-refractivity contribution >= 4 is 39.0 Å². The molecule has 0 aliphatic carbocycles. The zero-order valence-electron chi connectivity index (χ0n) is 12.8. The minimum Gasteiger partial charge on any atom is -0.389 e. The molecule has 0 saturated heterocycles. The highest BCUT2D eigenvalue weighted by molar-refractivity contribution is 7.98. The molecule has 4 nitrogen and oxygen atoms in total. The third-order valence-electron chi connectivity index (χ3n) is 3.47. The average molecular weight is 347 g/mol. The second kappa shape index (κ2) is 7.58. The lowest BCUT2D eigenvalue weighted by atomic mass is 10.1. The van der Waals surface area contributed by atoms with Crippen LogP contribution in [0.25, 0.3) is 0 Å². The Morgan fingerprint density at radius 3 is 2.57 bits per heavy atom. The normalized spacial score (nSPS) is 13.4. The molecule has 1 rings (SSSR count). The van der Waals surface area contributed by atoms with Crippen LogP contribution in [0.5, 0.6) is 0 Å². The van der Waals surface area contributed by atoms with Crippen molar-refractivity contribution in [1.29, 1.82) is 0 Å². The van der Waals surface area contributed by atoms with E-state index in [1.165, 1.54) is 4.31 Å². The molecule has 0 aromatic heterocycles. The summed E-state index contributed by atoms with van der Waals surface area (Å²) in [6.07, 6.45) is 2.74. The van der Waals surface area contributed by atoms with Gasteiger partial charge in [-0.3, -0.25) is 0 Å².